The number of likely N-dealkylation sites (tertiary alicyclic amines) is 1. The zero-order valence-electron chi connectivity index (χ0n) is 25.1. The molecule has 0 unspecified atom stereocenters. The van der Waals surface area contributed by atoms with Gasteiger partial charge >= 0.3 is 6.09 Å². The van der Waals surface area contributed by atoms with Crippen molar-refractivity contribution in [2.45, 2.75) is 64.6 Å². The second-order valence-corrected chi connectivity index (χ2v) is 18.4. The lowest BCUT2D eigenvalue weighted by molar-refractivity contribution is 0.0880. The van der Waals surface area contributed by atoms with Crippen molar-refractivity contribution in [3.8, 4) is 28.5 Å². The molecule has 0 spiro atoms. The fraction of sp³-hybridized carbons (Fsp3) is 0.533. The van der Waals surface area contributed by atoms with Gasteiger partial charge in [-0.1, -0.05) is 19.6 Å². The average Bonchev–Trinajstić information content (AvgIpc) is 3.33. The molecule has 43 heavy (non-hydrogen) atoms. The van der Waals surface area contributed by atoms with Crippen molar-refractivity contribution in [1.82, 2.24) is 24.8 Å². The number of carboxylic acid groups (broad SMARTS) is 1. The highest BCUT2D eigenvalue weighted by Gasteiger charge is 2.33. The molecule has 4 heterocycles. The van der Waals surface area contributed by atoms with Crippen LogP contribution < -0.4 is 19.5 Å². The Kier molecular flexibility index (Phi) is 7.94. The van der Waals surface area contributed by atoms with Crippen LogP contribution in [0.3, 0.4) is 0 Å². The van der Waals surface area contributed by atoms with E-state index >= 15 is 0 Å². The van der Waals surface area contributed by atoms with Gasteiger partial charge in [0.2, 0.25) is 6.79 Å². The lowest BCUT2D eigenvalue weighted by Crippen LogP contribution is -2.38. The number of hydrogen-bond acceptors (Lipinski definition) is 8. The zero-order chi connectivity index (χ0) is 30.3. The van der Waals surface area contributed by atoms with Gasteiger partial charge < -0.3 is 38.8 Å². The highest BCUT2D eigenvalue weighted by atomic mass is 28.3. The number of ether oxygens (including phenoxy) is 4. The summed E-state index contributed by atoms with van der Waals surface area (Å²) in [6.45, 7) is 10.9. The molecule has 1 saturated heterocycles. The predicted molar refractivity (Wildman–Crippen MR) is 162 cm³/mol. The second-order valence-electron chi connectivity index (χ2n) is 12.8. The van der Waals surface area contributed by atoms with Crippen LogP contribution in [0, 0.1) is 12.8 Å². The van der Waals surface area contributed by atoms with E-state index in [0.717, 1.165) is 18.9 Å². The lowest BCUT2D eigenvalue weighted by atomic mass is 10.1. The quantitative estimate of drug-likeness (QED) is 0.234. The Morgan fingerprint density at radius 1 is 1.16 bits per heavy atom. The van der Waals surface area contributed by atoms with Gasteiger partial charge in [0.15, 0.2) is 11.5 Å². The van der Waals surface area contributed by atoms with E-state index in [0.29, 0.717) is 82.9 Å². The largest absolute Gasteiger partial charge is 0.492 e. The van der Waals surface area contributed by atoms with Crippen molar-refractivity contribution in [3.05, 3.63) is 29.7 Å². The highest BCUT2D eigenvalue weighted by molar-refractivity contribution is 6.76. The maximum Gasteiger partial charge on any atom is 0.407 e. The second kappa shape index (κ2) is 11.7. The van der Waals surface area contributed by atoms with Gasteiger partial charge in [-0.05, 0) is 50.3 Å². The first-order chi connectivity index (χ1) is 20.6. The van der Waals surface area contributed by atoms with E-state index in [-0.39, 0.29) is 32.0 Å². The summed E-state index contributed by atoms with van der Waals surface area (Å²) in [6, 6.07) is 4.43. The number of carbonyl (C=O) groups excluding carboxylic acids is 1. The molecule has 2 amide bonds. The molecule has 1 aliphatic carbocycles. The summed E-state index contributed by atoms with van der Waals surface area (Å²) in [5, 5.41) is 12.4. The van der Waals surface area contributed by atoms with Crippen LogP contribution in [-0.4, -0.2) is 83.8 Å². The smallest absolute Gasteiger partial charge is 0.407 e. The van der Waals surface area contributed by atoms with Crippen molar-refractivity contribution < 1.29 is 33.6 Å². The number of aromatic nitrogens is 3. The number of fused-ring (bicyclic) bond motifs is 2. The fourth-order valence-corrected chi connectivity index (χ4v) is 6.30. The first kappa shape index (κ1) is 29.2. The first-order valence-electron chi connectivity index (χ1n) is 14.9. The molecule has 2 aromatic heterocycles. The monoisotopic (exact) mass is 609 g/mol. The Balaban J connectivity index is 1.43. The number of hydrogen-bond donors (Lipinski definition) is 2. The molecule has 3 aromatic rings. The Bertz CT molecular complexity index is 1550. The van der Waals surface area contributed by atoms with E-state index in [1.165, 1.54) is 11.2 Å². The number of amides is 2. The first-order valence-corrected chi connectivity index (χ1v) is 18.6. The normalized spacial score (nSPS) is 18.0. The van der Waals surface area contributed by atoms with E-state index in [1.807, 2.05) is 23.6 Å². The number of rotatable bonds is 11. The molecule has 1 atom stereocenters. The highest BCUT2D eigenvalue weighted by Crippen LogP contribution is 2.49. The summed E-state index contributed by atoms with van der Waals surface area (Å²) >= 11 is 0. The predicted octanol–water partition coefficient (Wildman–Crippen LogP) is 4.72. The summed E-state index contributed by atoms with van der Waals surface area (Å²) in [7, 11) is -1.32. The Morgan fingerprint density at radius 3 is 2.70 bits per heavy atom. The van der Waals surface area contributed by atoms with Gasteiger partial charge in [-0.2, -0.15) is 0 Å². The fourth-order valence-electron chi connectivity index (χ4n) is 5.54. The molecule has 2 fully saturated rings. The van der Waals surface area contributed by atoms with Crippen LogP contribution in [0.15, 0.2) is 18.5 Å². The SMILES string of the molecule is Cc1c(C(=O)N[C@@H]2CCN(C(=O)O)C2)c2ncnc(-c3c(OCC4CC4)ccc4c3OCO4)c2n1COCC[Si](C)(C)C. The number of benzene rings is 1. The molecule has 2 aliphatic heterocycles. The van der Waals surface area contributed by atoms with E-state index in [4.69, 9.17) is 23.9 Å². The number of nitrogens with zero attached hydrogens (tertiary/aromatic N) is 4. The van der Waals surface area contributed by atoms with Gasteiger partial charge in [0, 0.05) is 39.5 Å². The van der Waals surface area contributed by atoms with E-state index in [9.17, 15) is 14.7 Å². The van der Waals surface area contributed by atoms with Crippen molar-refractivity contribution in [3.63, 3.8) is 0 Å². The van der Waals surface area contributed by atoms with Gasteiger partial charge in [0.05, 0.1) is 23.3 Å². The van der Waals surface area contributed by atoms with Crippen LogP contribution in [-0.2, 0) is 11.5 Å². The van der Waals surface area contributed by atoms with Crippen LogP contribution >= 0.6 is 0 Å². The molecule has 13 heteroatoms. The van der Waals surface area contributed by atoms with Gasteiger partial charge in [0.1, 0.15) is 30.0 Å². The Labute approximate surface area is 251 Å². The standard InChI is InChI=1S/C30H39N5O7Si/c1-18-23(29(36)33-20-9-10-34(13-20)30(37)38)25-27(35(18)16-39-11-12-43(2,3)4)26(32-15-31-25)24-21(40-14-19-5-6-19)7-8-22-28(24)42-17-41-22/h7-8,15,19-20H,5-6,9-14,16-17H2,1-4H3,(H,33,36)(H,37,38)/t20-/m1/s1. The van der Waals surface area contributed by atoms with Crippen LogP contribution in [0.4, 0.5) is 4.79 Å². The van der Waals surface area contributed by atoms with Crippen LogP contribution in [0.1, 0.15) is 35.3 Å². The molecule has 1 aromatic carbocycles. The molecular weight excluding hydrogens is 570 g/mol. The molecule has 2 N–H and O–H groups in total. The summed E-state index contributed by atoms with van der Waals surface area (Å²) in [6.07, 6.45) is 3.31. The molecule has 0 bridgehead atoms. The molecule has 0 radical (unpaired) electrons. The van der Waals surface area contributed by atoms with Crippen LogP contribution in [0.25, 0.3) is 22.3 Å². The lowest BCUT2D eigenvalue weighted by Gasteiger charge is -2.18. The van der Waals surface area contributed by atoms with Crippen LogP contribution in [0.5, 0.6) is 17.2 Å². The minimum Gasteiger partial charge on any atom is -0.492 e. The molecular formula is C30H39N5O7Si. The van der Waals surface area contributed by atoms with Gasteiger partial charge in [0.25, 0.3) is 5.91 Å². The molecule has 3 aliphatic rings. The summed E-state index contributed by atoms with van der Waals surface area (Å²) in [5.41, 5.74) is 3.42. The minimum atomic E-state index is -1.32. The van der Waals surface area contributed by atoms with Gasteiger partial charge in [-0.3, -0.25) is 4.79 Å². The summed E-state index contributed by atoms with van der Waals surface area (Å²) in [4.78, 5) is 35.9. The van der Waals surface area contributed by atoms with E-state index in [1.54, 1.807) is 0 Å². The van der Waals surface area contributed by atoms with Crippen molar-refractivity contribution >= 4 is 31.1 Å². The Hall–Kier alpha value is -3.84. The van der Waals surface area contributed by atoms with E-state index in [2.05, 4.69) is 29.9 Å². The maximum atomic E-state index is 13.8. The van der Waals surface area contributed by atoms with Crippen LogP contribution in [0.2, 0.25) is 25.7 Å². The minimum absolute atomic E-state index is 0.0882. The van der Waals surface area contributed by atoms with Crippen molar-refractivity contribution in [2.75, 3.05) is 33.1 Å². The zero-order valence-corrected chi connectivity index (χ0v) is 26.1. The molecule has 230 valence electrons. The van der Waals surface area contributed by atoms with Crippen molar-refractivity contribution in [1.29, 1.82) is 0 Å². The number of nitrogens with one attached hydrogen (secondary N) is 1. The van der Waals surface area contributed by atoms with Gasteiger partial charge in [-0.15, -0.1) is 0 Å². The molecule has 1 saturated carbocycles. The number of carbonyl (C=O) groups is 2. The maximum absolute atomic E-state index is 13.8. The average molecular weight is 610 g/mol. The third-order valence-corrected chi connectivity index (χ3v) is 9.95. The summed E-state index contributed by atoms with van der Waals surface area (Å²) < 4.78 is 26.1. The summed E-state index contributed by atoms with van der Waals surface area (Å²) in [5.74, 6) is 2.01. The third kappa shape index (κ3) is 6.14. The van der Waals surface area contributed by atoms with Crippen molar-refractivity contribution in [2.24, 2.45) is 5.92 Å². The van der Waals surface area contributed by atoms with E-state index < -0.39 is 14.2 Å². The van der Waals surface area contributed by atoms with Gasteiger partial charge in [-0.25, -0.2) is 14.8 Å². The molecule has 12 nitrogen and oxygen atoms in total. The third-order valence-electron chi connectivity index (χ3n) is 8.24. The molecule has 6 rings (SSSR count). The topological polar surface area (TPSA) is 137 Å². The Morgan fingerprint density at radius 2 is 1.98 bits per heavy atom.